The number of aryl methyl sites for hydroxylation is 3. The molecule has 0 fully saturated rings. The van der Waals surface area contributed by atoms with Crippen LogP contribution in [0.4, 0.5) is 11.5 Å². The summed E-state index contributed by atoms with van der Waals surface area (Å²) in [5, 5.41) is 12.8. The summed E-state index contributed by atoms with van der Waals surface area (Å²) in [7, 11) is 1.86. The Labute approximate surface area is 139 Å². The van der Waals surface area contributed by atoms with Crippen molar-refractivity contribution in [3.8, 4) is 5.69 Å². The summed E-state index contributed by atoms with van der Waals surface area (Å²) in [6, 6.07) is 6.31. The van der Waals surface area contributed by atoms with E-state index in [1.165, 1.54) is 17.5 Å². The van der Waals surface area contributed by atoms with Gasteiger partial charge in [-0.1, -0.05) is 17.7 Å². The fraction of sp³-hybridized carbons (Fsp3) is 0.176. The number of benzene rings is 1. The molecule has 1 aromatic carbocycles. The number of aromatic nitrogens is 6. The molecule has 0 aliphatic heterocycles. The molecule has 0 aliphatic rings. The second-order valence-electron chi connectivity index (χ2n) is 5.82. The van der Waals surface area contributed by atoms with E-state index in [1.54, 1.807) is 17.1 Å². The van der Waals surface area contributed by atoms with Gasteiger partial charge >= 0.3 is 0 Å². The van der Waals surface area contributed by atoms with E-state index in [0.29, 0.717) is 5.82 Å². The van der Waals surface area contributed by atoms with Gasteiger partial charge in [-0.25, -0.2) is 14.6 Å². The number of nitrogens with one attached hydrogen (secondary N) is 1. The van der Waals surface area contributed by atoms with Crippen molar-refractivity contribution in [1.29, 1.82) is 0 Å². The van der Waals surface area contributed by atoms with Crippen LogP contribution in [0.25, 0.3) is 16.7 Å². The summed E-state index contributed by atoms with van der Waals surface area (Å²) >= 11 is 0. The van der Waals surface area contributed by atoms with Gasteiger partial charge in [0.05, 0.1) is 35.4 Å². The van der Waals surface area contributed by atoms with Crippen molar-refractivity contribution in [3.63, 3.8) is 0 Å². The van der Waals surface area contributed by atoms with E-state index in [4.69, 9.17) is 0 Å². The maximum absolute atomic E-state index is 4.45. The number of nitrogens with zero attached hydrogens (tertiary/aromatic N) is 6. The zero-order valence-electron chi connectivity index (χ0n) is 13.7. The molecule has 0 bridgehead atoms. The Balaban J connectivity index is 1.68. The van der Waals surface area contributed by atoms with Crippen LogP contribution in [0, 0.1) is 13.8 Å². The van der Waals surface area contributed by atoms with Crippen LogP contribution < -0.4 is 5.32 Å². The summed E-state index contributed by atoms with van der Waals surface area (Å²) in [4.78, 5) is 8.56. The molecule has 0 unspecified atom stereocenters. The largest absolute Gasteiger partial charge is 0.337 e. The summed E-state index contributed by atoms with van der Waals surface area (Å²) in [6.45, 7) is 4.17. The van der Waals surface area contributed by atoms with Crippen LogP contribution in [-0.2, 0) is 7.05 Å². The van der Waals surface area contributed by atoms with Crippen molar-refractivity contribution in [2.75, 3.05) is 5.32 Å². The molecule has 0 atom stereocenters. The highest BCUT2D eigenvalue weighted by Gasteiger charge is 2.10. The van der Waals surface area contributed by atoms with E-state index < -0.39 is 0 Å². The lowest BCUT2D eigenvalue weighted by molar-refractivity contribution is 0.785. The van der Waals surface area contributed by atoms with E-state index in [1.807, 2.05) is 17.9 Å². The van der Waals surface area contributed by atoms with E-state index in [9.17, 15) is 0 Å². The predicted molar refractivity (Wildman–Crippen MR) is 92.6 cm³/mol. The molecular formula is C17H17N7. The van der Waals surface area contributed by atoms with Gasteiger partial charge in [-0.15, -0.1) is 0 Å². The Morgan fingerprint density at radius 3 is 2.75 bits per heavy atom. The van der Waals surface area contributed by atoms with Crippen molar-refractivity contribution in [1.82, 2.24) is 29.5 Å². The average molecular weight is 319 g/mol. The highest BCUT2D eigenvalue weighted by atomic mass is 15.3. The van der Waals surface area contributed by atoms with Gasteiger partial charge in [0, 0.05) is 7.05 Å². The molecule has 0 amide bonds. The molecule has 1 N–H and O–H groups in total. The number of hydrogen-bond donors (Lipinski definition) is 1. The van der Waals surface area contributed by atoms with Crippen molar-refractivity contribution >= 4 is 22.5 Å². The zero-order chi connectivity index (χ0) is 16.7. The van der Waals surface area contributed by atoms with Crippen molar-refractivity contribution in [2.24, 2.45) is 7.05 Å². The Morgan fingerprint density at radius 2 is 1.92 bits per heavy atom. The Bertz CT molecular complexity index is 1030. The van der Waals surface area contributed by atoms with E-state index in [-0.39, 0.29) is 0 Å². The lowest BCUT2D eigenvalue weighted by Crippen LogP contribution is -1.98. The Morgan fingerprint density at radius 1 is 1.04 bits per heavy atom. The van der Waals surface area contributed by atoms with E-state index in [0.717, 1.165) is 22.4 Å². The first-order valence-corrected chi connectivity index (χ1v) is 7.64. The maximum Gasteiger partial charge on any atom is 0.163 e. The molecule has 4 rings (SSSR count). The quantitative estimate of drug-likeness (QED) is 0.628. The number of hydrogen-bond acceptors (Lipinski definition) is 5. The minimum atomic E-state index is 0.716. The minimum Gasteiger partial charge on any atom is -0.337 e. The smallest absolute Gasteiger partial charge is 0.163 e. The van der Waals surface area contributed by atoms with Crippen LogP contribution in [0.5, 0.6) is 0 Å². The molecule has 3 heterocycles. The molecule has 3 aromatic heterocycles. The van der Waals surface area contributed by atoms with Crippen LogP contribution in [0.1, 0.15) is 11.1 Å². The SMILES string of the molecule is Cc1ccc(-n2cc(Nc3ncnc4c3cnn4C)cn2)c(C)c1. The average Bonchev–Trinajstić information content (AvgIpc) is 3.16. The van der Waals surface area contributed by atoms with Gasteiger partial charge in [0.2, 0.25) is 0 Å². The van der Waals surface area contributed by atoms with Gasteiger partial charge < -0.3 is 5.32 Å². The Kier molecular flexibility index (Phi) is 3.26. The van der Waals surface area contributed by atoms with Gasteiger partial charge in [-0.3, -0.25) is 4.68 Å². The maximum atomic E-state index is 4.45. The molecule has 120 valence electrons. The molecule has 4 aromatic rings. The number of anilines is 2. The number of rotatable bonds is 3. The fourth-order valence-corrected chi connectivity index (χ4v) is 2.78. The lowest BCUT2D eigenvalue weighted by Gasteiger charge is -2.06. The van der Waals surface area contributed by atoms with Gasteiger partial charge in [0.15, 0.2) is 5.65 Å². The van der Waals surface area contributed by atoms with Crippen molar-refractivity contribution < 1.29 is 0 Å². The summed E-state index contributed by atoms with van der Waals surface area (Å²) in [5.41, 5.74) is 5.12. The Hall–Kier alpha value is -3.22. The molecule has 24 heavy (non-hydrogen) atoms. The van der Waals surface area contributed by atoms with Crippen LogP contribution in [0.3, 0.4) is 0 Å². The predicted octanol–water partition coefficient (Wildman–Crippen LogP) is 2.91. The molecule has 0 saturated carbocycles. The van der Waals surface area contributed by atoms with Gasteiger partial charge in [-0.05, 0) is 25.5 Å². The van der Waals surface area contributed by atoms with Crippen LogP contribution >= 0.6 is 0 Å². The highest BCUT2D eigenvalue weighted by molar-refractivity contribution is 5.87. The summed E-state index contributed by atoms with van der Waals surface area (Å²) < 4.78 is 3.58. The van der Waals surface area contributed by atoms with Crippen LogP contribution in [0.15, 0.2) is 43.1 Å². The van der Waals surface area contributed by atoms with Crippen molar-refractivity contribution in [3.05, 3.63) is 54.2 Å². The molecule has 0 radical (unpaired) electrons. The van der Waals surface area contributed by atoms with Crippen LogP contribution in [0.2, 0.25) is 0 Å². The zero-order valence-corrected chi connectivity index (χ0v) is 13.7. The minimum absolute atomic E-state index is 0.716. The summed E-state index contributed by atoms with van der Waals surface area (Å²) in [6.07, 6.45) is 7.01. The molecule has 7 nitrogen and oxygen atoms in total. The first-order valence-electron chi connectivity index (χ1n) is 7.64. The van der Waals surface area contributed by atoms with Gasteiger partial charge in [-0.2, -0.15) is 10.2 Å². The second-order valence-corrected chi connectivity index (χ2v) is 5.82. The first-order chi connectivity index (χ1) is 11.6. The second kappa shape index (κ2) is 5.45. The topological polar surface area (TPSA) is 73.5 Å². The van der Waals surface area contributed by atoms with Crippen molar-refractivity contribution in [2.45, 2.75) is 13.8 Å². The van der Waals surface area contributed by atoms with Gasteiger partial charge in [0.25, 0.3) is 0 Å². The fourth-order valence-electron chi connectivity index (χ4n) is 2.78. The van der Waals surface area contributed by atoms with Crippen LogP contribution in [-0.4, -0.2) is 29.5 Å². The normalized spacial score (nSPS) is 11.1. The lowest BCUT2D eigenvalue weighted by atomic mass is 10.1. The third kappa shape index (κ3) is 2.40. The van der Waals surface area contributed by atoms with Gasteiger partial charge in [0.1, 0.15) is 12.1 Å². The third-order valence-electron chi connectivity index (χ3n) is 3.97. The highest BCUT2D eigenvalue weighted by Crippen LogP contribution is 2.23. The monoisotopic (exact) mass is 319 g/mol. The summed E-state index contributed by atoms with van der Waals surface area (Å²) in [5.74, 6) is 0.716. The molecule has 7 heteroatoms. The van der Waals surface area contributed by atoms with E-state index in [2.05, 4.69) is 57.5 Å². The molecule has 0 aliphatic carbocycles. The number of fused-ring (bicyclic) bond motifs is 1. The third-order valence-corrected chi connectivity index (χ3v) is 3.97. The standard InChI is InChI=1S/C17H17N7/c1-11-4-5-15(12(2)6-11)24-9-13(7-21-24)22-16-14-8-20-23(3)17(14)19-10-18-16/h4-10H,1-3H3,(H,18,19,22). The molecular weight excluding hydrogens is 302 g/mol. The first kappa shape index (κ1) is 14.4. The molecule has 0 saturated heterocycles. The van der Waals surface area contributed by atoms with E-state index >= 15 is 0 Å². The molecule has 0 spiro atoms.